The highest BCUT2D eigenvalue weighted by Gasteiger charge is 2.22. The van der Waals surface area contributed by atoms with E-state index in [0.717, 1.165) is 38.0 Å². The molecule has 1 saturated heterocycles. The Morgan fingerprint density at radius 1 is 1.15 bits per heavy atom. The quantitative estimate of drug-likeness (QED) is 0.509. The van der Waals surface area contributed by atoms with Gasteiger partial charge in [0.2, 0.25) is 0 Å². The van der Waals surface area contributed by atoms with Crippen molar-refractivity contribution in [2.75, 3.05) is 25.4 Å². The molecule has 33 heavy (non-hydrogen) atoms. The number of benzene rings is 1. The molecule has 178 valence electrons. The molecule has 3 aromatic rings. The topological polar surface area (TPSA) is 110 Å². The van der Waals surface area contributed by atoms with Gasteiger partial charge in [-0.2, -0.15) is 5.10 Å². The molecule has 0 aliphatic carbocycles. The molecule has 0 atom stereocenters. The van der Waals surface area contributed by atoms with Crippen LogP contribution in [0.2, 0.25) is 0 Å². The minimum Gasteiger partial charge on any atom is -0.493 e. The largest absolute Gasteiger partial charge is 0.493 e. The third-order valence-corrected chi connectivity index (χ3v) is 7.67. The molecule has 10 heteroatoms. The molecule has 0 amide bonds. The van der Waals surface area contributed by atoms with E-state index in [1.165, 1.54) is 12.1 Å². The standard InChI is InChI=1S/C23H31N5O4S/c1-4-13-32-19-10-9-16(33(30,31)6-3)14-17(19)22-24-20-18(5-2)26-28(21(20)23(29)25-22)15-27-11-7-8-12-27/h9-10,14H,4-8,11-13,15H2,1-3H3,(H,24,25,29). The number of nitrogens with one attached hydrogen (secondary N) is 1. The highest BCUT2D eigenvalue weighted by Crippen LogP contribution is 2.31. The van der Waals surface area contributed by atoms with Crippen LogP contribution in [0.5, 0.6) is 5.75 Å². The smallest absolute Gasteiger partial charge is 0.277 e. The normalized spacial score (nSPS) is 14.9. The summed E-state index contributed by atoms with van der Waals surface area (Å²) in [7, 11) is -3.44. The number of likely N-dealkylation sites (tertiary alicyclic amines) is 1. The molecule has 0 unspecified atom stereocenters. The van der Waals surface area contributed by atoms with Crippen LogP contribution in [0.15, 0.2) is 27.9 Å². The van der Waals surface area contributed by atoms with E-state index in [-0.39, 0.29) is 22.0 Å². The molecule has 1 aliphatic heterocycles. The molecule has 9 nitrogen and oxygen atoms in total. The highest BCUT2D eigenvalue weighted by molar-refractivity contribution is 7.91. The van der Waals surface area contributed by atoms with E-state index < -0.39 is 9.84 Å². The van der Waals surface area contributed by atoms with Crippen LogP contribution in [0.25, 0.3) is 22.4 Å². The Morgan fingerprint density at radius 2 is 1.91 bits per heavy atom. The second-order valence-corrected chi connectivity index (χ2v) is 10.6. The average molecular weight is 474 g/mol. The van der Waals surface area contributed by atoms with Crippen molar-refractivity contribution in [3.8, 4) is 17.1 Å². The summed E-state index contributed by atoms with van der Waals surface area (Å²) in [5.41, 5.74) is 1.87. The van der Waals surface area contributed by atoms with Crippen LogP contribution in [0.1, 0.15) is 45.7 Å². The molecule has 1 aliphatic rings. The Hall–Kier alpha value is -2.72. The Kier molecular flexibility index (Phi) is 6.85. The molecule has 1 fully saturated rings. The lowest BCUT2D eigenvalue weighted by Gasteiger charge is -2.15. The van der Waals surface area contributed by atoms with Crippen LogP contribution < -0.4 is 10.3 Å². The number of aromatic nitrogens is 4. The number of nitrogens with zero attached hydrogens (tertiary/aromatic N) is 4. The number of fused-ring (bicyclic) bond motifs is 1. The van der Waals surface area contributed by atoms with E-state index in [0.29, 0.717) is 42.0 Å². The molecular formula is C23H31N5O4S. The third kappa shape index (κ3) is 4.67. The van der Waals surface area contributed by atoms with Gasteiger partial charge in [-0.3, -0.25) is 9.69 Å². The molecule has 3 heterocycles. The second-order valence-electron chi connectivity index (χ2n) is 8.29. The number of H-pyrrole nitrogens is 1. The summed E-state index contributed by atoms with van der Waals surface area (Å²) < 4.78 is 32.6. The van der Waals surface area contributed by atoms with Gasteiger partial charge in [-0.05, 0) is 57.0 Å². The predicted molar refractivity (Wildman–Crippen MR) is 127 cm³/mol. The van der Waals surface area contributed by atoms with Crippen LogP contribution in [0.3, 0.4) is 0 Å². The summed E-state index contributed by atoms with van der Waals surface area (Å²) in [4.78, 5) is 23.3. The number of rotatable bonds is 9. The van der Waals surface area contributed by atoms with Crippen molar-refractivity contribution in [3.63, 3.8) is 0 Å². The second kappa shape index (κ2) is 9.64. The number of hydrogen-bond donors (Lipinski definition) is 1. The van der Waals surface area contributed by atoms with E-state index >= 15 is 0 Å². The summed E-state index contributed by atoms with van der Waals surface area (Å²) in [6.45, 7) is 8.57. The molecule has 1 aromatic carbocycles. The summed E-state index contributed by atoms with van der Waals surface area (Å²) in [6, 6.07) is 4.71. The van der Waals surface area contributed by atoms with Gasteiger partial charge >= 0.3 is 0 Å². The van der Waals surface area contributed by atoms with Crippen LogP contribution in [-0.2, 0) is 22.9 Å². The van der Waals surface area contributed by atoms with E-state index in [1.54, 1.807) is 17.7 Å². The molecule has 0 bridgehead atoms. The Balaban J connectivity index is 1.87. The Bertz CT molecular complexity index is 1310. The van der Waals surface area contributed by atoms with Crippen molar-refractivity contribution in [3.05, 3.63) is 34.2 Å². The van der Waals surface area contributed by atoms with E-state index in [1.807, 2.05) is 13.8 Å². The fourth-order valence-corrected chi connectivity index (χ4v) is 5.03. The number of aryl methyl sites for hydroxylation is 1. The zero-order valence-electron chi connectivity index (χ0n) is 19.4. The molecule has 4 rings (SSSR count). The maximum absolute atomic E-state index is 13.2. The summed E-state index contributed by atoms with van der Waals surface area (Å²) in [5.74, 6) is 0.743. The number of hydrogen-bond acceptors (Lipinski definition) is 7. The third-order valence-electron chi connectivity index (χ3n) is 5.94. The van der Waals surface area contributed by atoms with Gasteiger partial charge in [-0.15, -0.1) is 0 Å². The van der Waals surface area contributed by atoms with Gasteiger partial charge in [-0.1, -0.05) is 20.8 Å². The van der Waals surface area contributed by atoms with Crippen molar-refractivity contribution in [2.45, 2.75) is 58.0 Å². The fourth-order valence-electron chi connectivity index (χ4n) is 4.12. The van der Waals surface area contributed by atoms with Crippen molar-refractivity contribution in [2.24, 2.45) is 0 Å². The van der Waals surface area contributed by atoms with Crippen molar-refractivity contribution in [1.29, 1.82) is 0 Å². The molecule has 0 saturated carbocycles. The van der Waals surface area contributed by atoms with Gasteiger partial charge in [0, 0.05) is 0 Å². The summed E-state index contributed by atoms with van der Waals surface area (Å²) >= 11 is 0. The monoisotopic (exact) mass is 473 g/mol. The first-order valence-electron chi connectivity index (χ1n) is 11.6. The first-order chi connectivity index (χ1) is 15.9. The summed E-state index contributed by atoms with van der Waals surface area (Å²) in [5, 5.41) is 4.67. The minimum absolute atomic E-state index is 0.0200. The van der Waals surface area contributed by atoms with E-state index in [4.69, 9.17) is 9.72 Å². The van der Waals surface area contributed by atoms with Gasteiger partial charge < -0.3 is 9.72 Å². The van der Waals surface area contributed by atoms with Crippen LogP contribution >= 0.6 is 0 Å². The lowest BCUT2D eigenvalue weighted by molar-refractivity contribution is 0.259. The first kappa shape index (κ1) is 23.4. The average Bonchev–Trinajstić information content (AvgIpc) is 3.45. The fraction of sp³-hybridized carbons (Fsp3) is 0.522. The maximum atomic E-state index is 13.2. The van der Waals surface area contributed by atoms with E-state index in [2.05, 4.69) is 15.0 Å². The molecule has 2 aromatic heterocycles. The highest BCUT2D eigenvalue weighted by atomic mass is 32.2. The zero-order chi connectivity index (χ0) is 23.6. The van der Waals surface area contributed by atoms with Crippen molar-refractivity contribution < 1.29 is 13.2 Å². The first-order valence-corrected chi connectivity index (χ1v) is 13.2. The summed E-state index contributed by atoms with van der Waals surface area (Å²) in [6.07, 6.45) is 3.72. The number of sulfone groups is 1. The van der Waals surface area contributed by atoms with Gasteiger partial charge in [0.25, 0.3) is 5.56 Å². The Morgan fingerprint density at radius 3 is 2.58 bits per heavy atom. The lowest BCUT2D eigenvalue weighted by atomic mass is 10.1. The number of ether oxygens (including phenoxy) is 1. The van der Waals surface area contributed by atoms with Crippen LogP contribution in [0.4, 0.5) is 0 Å². The van der Waals surface area contributed by atoms with Crippen molar-refractivity contribution in [1.82, 2.24) is 24.6 Å². The molecule has 0 spiro atoms. The maximum Gasteiger partial charge on any atom is 0.277 e. The zero-order valence-corrected chi connectivity index (χ0v) is 20.2. The SMILES string of the molecule is CCCOc1ccc(S(=O)(=O)CC)cc1-c1nc2c(CC)nn(CN3CCCC3)c2c(=O)[nH]1. The molecule has 0 radical (unpaired) electrons. The number of aromatic amines is 1. The van der Waals surface area contributed by atoms with Gasteiger partial charge in [0.15, 0.2) is 15.4 Å². The molecular weight excluding hydrogens is 442 g/mol. The minimum atomic E-state index is -3.44. The Labute approximate surface area is 193 Å². The predicted octanol–water partition coefficient (Wildman–Crippen LogP) is 2.98. The van der Waals surface area contributed by atoms with Crippen molar-refractivity contribution >= 4 is 20.9 Å². The van der Waals surface area contributed by atoms with Crippen LogP contribution in [-0.4, -0.2) is 58.5 Å². The van der Waals surface area contributed by atoms with Crippen LogP contribution in [0, 0.1) is 0 Å². The lowest BCUT2D eigenvalue weighted by Crippen LogP contribution is -2.25. The van der Waals surface area contributed by atoms with Gasteiger partial charge in [0.1, 0.15) is 17.1 Å². The van der Waals surface area contributed by atoms with Gasteiger partial charge in [0.05, 0.1) is 35.2 Å². The van der Waals surface area contributed by atoms with E-state index in [9.17, 15) is 13.2 Å². The molecule has 1 N–H and O–H groups in total. The van der Waals surface area contributed by atoms with Gasteiger partial charge in [-0.25, -0.2) is 18.1 Å².